The maximum Gasteiger partial charge on any atom is 0.300 e. The van der Waals surface area contributed by atoms with Crippen LogP contribution in [0.2, 0.25) is 0 Å². The van der Waals surface area contributed by atoms with E-state index in [1.165, 1.54) is 18.4 Å². The number of ether oxygens (including phenoxy) is 1. The highest BCUT2D eigenvalue weighted by Gasteiger charge is 2.48. The number of hydrogen-bond acceptors (Lipinski definition) is 5. The van der Waals surface area contributed by atoms with E-state index < -0.39 is 35.1 Å². The van der Waals surface area contributed by atoms with Gasteiger partial charge in [-0.2, -0.15) is 0 Å². The summed E-state index contributed by atoms with van der Waals surface area (Å²) in [5.74, 6) is -3.51. The molecule has 2 heterocycles. The lowest BCUT2D eigenvalue weighted by Gasteiger charge is -2.23. The number of hydrogen-bond donors (Lipinski definition) is 1. The summed E-state index contributed by atoms with van der Waals surface area (Å²) in [6.07, 6.45) is 1.35. The number of ketones is 1. The summed E-state index contributed by atoms with van der Waals surface area (Å²) in [6, 6.07) is 9.71. The van der Waals surface area contributed by atoms with E-state index in [-0.39, 0.29) is 17.0 Å². The number of rotatable bonds is 6. The number of aryl methyl sites for hydroxylation is 1. The maximum absolute atomic E-state index is 13.9. The quantitative estimate of drug-likeness (QED) is 0.293. The first-order valence-corrected chi connectivity index (χ1v) is 10.7. The molecule has 2 aromatic carbocycles. The van der Waals surface area contributed by atoms with Gasteiger partial charge in [-0.15, -0.1) is 0 Å². The number of carbonyl (C=O) groups is 2. The zero-order valence-electron chi connectivity index (χ0n) is 18.8. The lowest BCUT2D eigenvalue weighted by atomic mass is 9.98. The highest BCUT2D eigenvalue weighted by atomic mass is 19.2. The standard InChI is InChI=1S/C26H23F2NO5/c1-14(2)13-34-20-9-6-16(11-15(20)3)24(30)22-23(21-5-4-10-33-21)29(26(32)25(22)31)17-7-8-18(27)19(28)12-17/h4-12,14,23,30H,13H2,1-3H3/b24-22-. The number of halogens is 2. The van der Waals surface area contributed by atoms with Crippen molar-refractivity contribution in [3.05, 3.63) is 88.9 Å². The number of amides is 1. The molecule has 0 saturated carbocycles. The summed E-state index contributed by atoms with van der Waals surface area (Å²) in [6.45, 7) is 6.37. The molecular formula is C26H23F2NO5. The van der Waals surface area contributed by atoms with E-state index in [2.05, 4.69) is 0 Å². The van der Waals surface area contributed by atoms with Gasteiger partial charge in [-0.05, 0) is 60.9 Å². The minimum atomic E-state index is -1.18. The van der Waals surface area contributed by atoms with Crippen LogP contribution in [0.4, 0.5) is 14.5 Å². The van der Waals surface area contributed by atoms with E-state index in [0.29, 0.717) is 23.8 Å². The number of anilines is 1. The van der Waals surface area contributed by atoms with Crippen LogP contribution < -0.4 is 9.64 Å². The molecule has 0 bridgehead atoms. The van der Waals surface area contributed by atoms with Crippen molar-refractivity contribution in [2.24, 2.45) is 5.92 Å². The van der Waals surface area contributed by atoms with Crippen molar-refractivity contribution < 1.29 is 32.6 Å². The molecular weight excluding hydrogens is 444 g/mol. The Labute approximate surface area is 195 Å². The van der Waals surface area contributed by atoms with E-state index in [4.69, 9.17) is 9.15 Å². The van der Waals surface area contributed by atoms with Crippen LogP contribution in [0.25, 0.3) is 5.76 Å². The van der Waals surface area contributed by atoms with Crippen LogP contribution in [0.15, 0.2) is 64.8 Å². The van der Waals surface area contributed by atoms with Crippen molar-refractivity contribution in [2.75, 3.05) is 11.5 Å². The summed E-state index contributed by atoms with van der Waals surface area (Å²) >= 11 is 0. The molecule has 1 unspecified atom stereocenters. The average Bonchev–Trinajstić information content (AvgIpc) is 3.41. The fourth-order valence-electron chi connectivity index (χ4n) is 3.82. The Morgan fingerprint density at radius 1 is 1.12 bits per heavy atom. The third-order valence-electron chi connectivity index (χ3n) is 5.46. The van der Waals surface area contributed by atoms with Gasteiger partial charge in [0.05, 0.1) is 18.4 Å². The number of furan rings is 1. The molecule has 1 aliphatic rings. The fraction of sp³-hybridized carbons (Fsp3) is 0.231. The van der Waals surface area contributed by atoms with Gasteiger partial charge in [0.1, 0.15) is 23.3 Å². The number of Topliss-reactive ketones (excluding diaryl/α,β-unsaturated/α-hetero) is 1. The number of aliphatic hydroxyl groups excluding tert-OH is 1. The van der Waals surface area contributed by atoms with Gasteiger partial charge in [-0.25, -0.2) is 8.78 Å². The topological polar surface area (TPSA) is 80.0 Å². The van der Waals surface area contributed by atoms with E-state index in [1.807, 2.05) is 13.8 Å². The Morgan fingerprint density at radius 3 is 2.50 bits per heavy atom. The summed E-state index contributed by atoms with van der Waals surface area (Å²) in [5.41, 5.74) is 0.762. The Hall–Kier alpha value is -3.94. The van der Waals surface area contributed by atoms with Crippen molar-refractivity contribution in [3.8, 4) is 5.75 Å². The molecule has 0 aliphatic carbocycles. The number of carbonyl (C=O) groups excluding carboxylic acids is 2. The number of benzene rings is 2. The Balaban J connectivity index is 1.82. The molecule has 1 saturated heterocycles. The molecule has 34 heavy (non-hydrogen) atoms. The second kappa shape index (κ2) is 9.13. The van der Waals surface area contributed by atoms with Gasteiger partial charge in [0, 0.05) is 17.3 Å². The normalized spacial score (nSPS) is 17.6. The molecule has 0 radical (unpaired) electrons. The molecule has 1 aliphatic heterocycles. The van der Waals surface area contributed by atoms with E-state index in [1.54, 1.807) is 31.2 Å². The second-order valence-corrected chi connectivity index (χ2v) is 8.47. The highest BCUT2D eigenvalue weighted by Crippen LogP contribution is 2.42. The van der Waals surface area contributed by atoms with Gasteiger partial charge >= 0.3 is 0 Å². The van der Waals surface area contributed by atoms with Gasteiger partial charge < -0.3 is 14.3 Å². The third-order valence-corrected chi connectivity index (χ3v) is 5.46. The molecule has 176 valence electrons. The van der Waals surface area contributed by atoms with Crippen LogP contribution in [-0.4, -0.2) is 23.4 Å². The molecule has 4 rings (SSSR count). The first-order chi connectivity index (χ1) is 16.2. The van der Waals surface area contributed by atoms with Crippen LogP contribution >= 0.6 is 0 Å². The van der Waals surface area contributed by atoms with Gasteiger partial charge in [0.2, 0.25) is 0 Å². The molecule has 3 aromatic rings. The zero-order chi connectivity index (χ0) is 24.6. The lowest BCUT2D eigenvalue weighted by Crippen LogP contribution is -2.29. The molecule has 1 N–H and O–H groups in total. The van der Waals surface area contributed by atoms with Crippen molar-refractivity contribution >= 4 is 23.1 Å². The number of nitrogens with zero attached hydrogens (tertiary/aromatic N) is 1. The Morgan fingerprint density at radius 2 is 1.88 bits per heavy atom. The molecule has 1 atom stereocenters. The molecule has 1 aromatic heterocycles. The minimum Gasteiger partial charge on any atom is -0.507 e. The van der Waals surface area contributed by atoms with Gasteiger partial charge in [-0.1, -0.05) is 13.8 Å². The zero-order valence-corrected chi connectivity index (χ0v) is 18.8. The Kier molecular flexibility index (Phi) is 6.24. The number of aliphatic hydroxyl groups is 1. The van der Waals surface area contributed by atoms with Crippen LogP contribution in [0.5, 0.6) is 5.75 Å². The monoisotopic (exact) mass is 467 g/mol. The highest BCUT2D eigenvalue weighted by molar-refractivity contribution is 6.51. The van der Waals surface area contributed by atoms with Gasteiger partial charge in [-0.3, -0.25) is 14.5 Å². The van der Waals surface area contributed by atoms with Crippen LogP contribution in [0.1, 0.15) is 36.8 Å². The largest absolute Gasteiger partial charge is 0.507 e. The lowest BCUT2D eigenvalue weighted by molar-refractivity contribution is -0.132. The first-order valence-electron chi connectivity index (χ1n) is 10.7. The van der Waals surface area contributed by atoms with Gasteiger partial charge in [0.25, 0.3) is 11.7 Å². The van der Waals surface area contributed by atoms with Crippen LogP contribution in [-0.2, 0) is 9.59 Å². The minimum absolute atomic E-state index is 0.0462. The maximum atomic E-state index is 13.9. The van der Waals surface area contributed by atoms with Gasteiger partial charge in [0.15, 0.2) is 11.6 Å². The fourth-order valence-corrected chi connectivity index (χ4v) is 3.82. The smallest absolute Gasteiger partial charge is 0.300 e. The van der Waals surface area contributed by atoms with Crippen LogP contribution in [0.3, 0.4) is 0 Å². The SMILES string of the molecule is Cc1cc(/C(O)=C2/C(=O)C(=O)N(c3ccc(F)c(F)c3)C2c2ccco2)ccc1OCC(C)C. The Bertz CT molecular complexity index is 1280. The molecule has 6 nitrogen and oxygen atoms in total. The summed E-state index contributed by atoms with van der Waals surface area (Å²) in [7, 11) is 0. The van der Waals surface area contributed by atoms with E-state index in [9.17, 15) is 23.5 Å². The van der Waals surface area contributed by atoms with Crippen molar-refractivity contribution in [2.45, 2.75) is 26.8 Å². The first kappa shape index (κ1) is 23.2. The van der Waals surface area contributed by atoms with Crippen molar-refractivity contribution in [3.63, 3.8) is 0 Å². The summed E-state index contributed by atoms with van der Waals surface area (Å²) in [5, 5.41) is 11.1. The average molecular weight is 467 g/mol. The summed E-state index contributed by atoms with van der Waals surface area (Å²) in [4.78, 5) is 27.0. The molecule has 8 heteroatoms. The van der Waals surface area contributed by atoms with Crippen LogP contribution in [0, 0.1) is 24.5 Å². The molecule has 1 amide bonds. The van der Waals surface area contributed by atoms with E-state index in [0.717, 1.165) is 22.6 Å². The predicted molar refractivity (Wildman–Crippen MR) is 121 cm³/mol. The predicted octanol–water partition coefficient (Wildman–Crippen LogP) is 5.53. The summed E-state index contributed by atoms with van der Waals surface area (Å²) < 4.78 is 38.7. The van der Waals surface area contributed by atoms with Crippen molar-refractivity contribution in [1.29, 1.82) is 0 Å². The second-order valence-electron chi connectivity index (χ2n) is 8.47. The van der Waals surface area contributed by atoms with Crippen molar-refractivity contribution in [1.82, 2.24) is 0 Å². The van der Waals surface area contributed by atoms with E-state index >= 15 is 0 Å². The third kappa shape index (κ3) is 4.19. The molecule has 1 fully saturated rings. The molecule has 0 spiro atoms.